The van der Waals surface area contributed by atoms with Gasteiger partial charge in [0.1, 0.15) is 0 Å². The Hall–Kier alpha value is -1.66. The number of hydrogen-bond donors (Lipinski definition) is 3. The van der Waals surface area contributed by atoms with Crippen molar-refractivity contribution in [3.63, 3.8) is 0 Å². The van der Waals surface area contributed by atoms with Gasteiger partial charge in [-0.2, -0.15) is 0 Å². The van der Waals surface area contributed by atoms with Crippen LogP contribution in [0.2, 0.25) is 0 Å². The van der Waals surface area contributed by atoms with E-state index in [2.05, 4.69) is 43.5 Å². The molecule has 0 heterocycles. The molecule has 0 aromatic carbocycles. The summed E-state index contributed by atoms with van der Waals surface area (Å²) >= 11 is 0. The van der Waals surface area contributed by atoms with Crippen LogP contribution in [0.25, 0.3) is 0 Å². The minimum Gasteiger partial charge on any atom is -0.466 e. The minimum atomic E-state index is -0.671. The van der Waals surface area contributed by atoms with Gasteiger partial charge >= 0.3 is 5.97 Å². The Morgan fingerprint density at radius 2 is 0.785 bits per heavy atom. The Bertz CT molecular complexity index is 1010. The Labute approximate surface area is 405 Å². The van der Waals surface area contributed by atoms with Crippen molar-refractivity contribution in [2.75, 3.05) is 13.2 Å². The number of carbonyl (C=O) groups excluding carboxylic acids is 2. The van der Waals surface area contributed by atoms with Gasteiger partial charge in [0.25, 0.3) is 0 Å². The maximum Gasteiger partial charge on any atom is 0.305 e. The molecule has 0 spiro atoms. The Kier molecular flexibility index (Phi) is 53.5. The van der Waals surface area contributed by atoms with Crippen molar-refractivity contribution in [1.29, 1.82) is 0 Å². The van der Waals surface area contributed by atoms with Gasteiger partial charge < -0.3 is 20.3 Å². The Morgan fingerprint density at radius 1 is 0.431 bits per heavy atom. The number of amides is 1. The lowest BCUT2D eigenvalue weighted by Gasteiger charge is -2.22. The molecule has 1 amide bonds. The molecule has 0 saturated carbocycles. The molecule has 0 aliphatic carbocycles. The molecule has 0 bridgehead atoms. The van der Waals surface area contributed by atoms with E-state index in [0.29, 0.717) is 25.9 Å². The molecule has 0 aliphatic heterocycles. The van der Waals surface area contributed by atoms with Crippen molar-refractivity contribution in [3.8, 4) is 0 Å². The zero-order valence-electron chi connectivity index (χ0n) is 43.7. The van der Waals surface area contributed by atoms with E-state index in [9.17, 15) is 19.8 Å². The third-order valence-corrected chi connectivity index (χ3v) is 13.5. The van der Waals surface area contributed by atoms with Crippen LogP contribution < -0.4 is 5.32 Å². The van der Waals surface area contributed by atoms with Crippen LogP contribution in [0.3, 0.4) is 0 Å². The zero-order chi connectivity index (χ0) is 47.2. The van der Waals surface area contributed by atoms with Crippen LogP contribution in [-0.4, -0.2) is 47.4 Å². The second kappa shape index (κ2) is 54.9. The lowest BCUT2D eigenvalue weighted by atomic mass is 10.0. The normalized spacial score (nSPS) is 12.7. The fraction of sp³-hybridized carbons (Fsp3) is 0.898. The van der Waals surface area contributed by atoms with Gasteiger partial charge in [0, 0.05) is 12.8 Å². The average molecular weight is 917 g/mol. The van der Waals surface area contributed by atoms with Crippen LogP contribution in [0.1, 0.15) is 316 Å². The number of aliphatic hydroxyl groups excluding tert-OH is 2. The summed E-state index contributed by atoms with van der Waals surface area (Å²) in [5, 5.41) is 23.3. The second-order valence-electron chi connectivity index (χ2n) is 20.0. The van der Waals surface area contributed by atoms with Gasteiger partial charge in [-0.05, 0) is 51.4 Å². The molecule has 6 nitrogen and oxygen atoms in total. The molecule has 0 radical (unpaired) electrons. The fourth-order valence-electron chi connectivity index (χ4n) is 9.01. The van der Waals surface area contributed by atoms with Gasteiger partial charge in [0.05, 0.1) is 25.4 Å². The SMILES string of the molecule is CCCC/C=C\C/C=C\CCCCCCCC(=O)OCCCCCCCCCCCCCCCCCC(=O)NC(CO)C(O)CCCCCCCCCCCCCCCCCCCCC. The second-order valence-corrected chi connectivity index (χ2v) is 20.0. The topological polar surface area (TPSA) is 95.9 Å². The lowest BCUT2D eigenvalue weighted by Crippen LogP contribution is -2.45. The first-order valence-corrected chi connectivity index (χ1v) is 29.1. The van der Waals surface area contributed by atoms with Gasteiger partial charge in [-0.15, -0.1) is 0 Å². The number of ether oxygens (including phenoxy) is 1. The highest BCUT2D eigenvalue weighted by molar-refractivity contribution is 5.76. The molecular formula is C59H113NO5. The number of aliphatic hydroxyl groups is 2. The predicted octanol–water partition coefficient (Wildman–Crippen LogP) is 17.9. The van der Waals surface area contributed by atoms with E-state index >= 15 is 0 Å². The van der Waals surface area contributed by atoms with Crippen molar-refractivity contribution < 1.29 is 24.5 Å². The van der Waals surface area contributed by atoms with Crippen LogP contribution in [0.4, 0.5) is 0 Å². The van der Waals surface area contributed by atoms with E-state index in [1.54, 1.807) is 0 Å². The van der Waals surface area contributed by atoms with Gasteiger partial charge in [-0.25, -0.2) is 0 Å². The number of carbonyl (C=O) groups is 2. The fourth-order valence-corrected chi connectivity index (χ4v) is 9.01. The highest BCUT2D eigenvalue weighted by atomic mass is 16.5. The minimum absolute atomic E-state index is 0.0134. The van der Waals surface area contributed by atoms with Crippen molar-refractivity contribution in [2.45, 2.75) is 328 Å². The molecule has 2 atom stereocenters. The highest BCUT2D eigenvalue weighted by Gasteiger charge is 2.20. The molecule has 0 saturated heterocycles. The summed E-state index contributed by atoms with van der Waals surface area (Å²) < 4.78 is 5.46. The maximum atomic E-state index is 12.5. The molecule has 2 unspecified atom stereocenters. The molecule has 384 valence electrons. The number of esters is 1. The van der Waals surface area contributed by atoms with E-state index in [1.165, 1.54) is 225 Å². The Balaban J connectivity index is 3.44. The number of unbranched alkanes of at least 4 members (excludes halogenated alkanes) is 39. The summed E-state index contributed by atoms with van der Waals surface area (Å²) in [7, 11) is 0. The van der Waals surface area contributed by atoms with Crippen LogP contribution in [-0.2, 0) is 14.3 Å². The first-order chi connectivity index (χ1) is 32.0. The molecule has 0 aromatic heterocycles. The van der Waals surface area contributed by atoms with Crippen molar-refractivity contribution in [1.82, 2.24) is 5.32 Å². The van der Waals surface area contributed by atoms with Gasteiger partial charge in [-0.3, -0.25) is 9.59 Å². The van der Waals surface area contributed by atoms with Gasteiger partial charge in [0.15, 0.2) is 0 Å². The number of hydrogen-bond acceptors (Lipinski definition) is 5. The Morgan fingerprint density at radius 3 is 1.22 bits per heavy atom. The van der Waals surface area contributed by atoms with Gasteiger partial charge in [-0.1, -0.05) is 276 Å². The summed E-state index contributed by atoms with van der Waals surface area (Å²) in [6.07, 6.45) is 65.9. The standard InChI is InChI=1S/C59H113NO5/c1-3-5-7-9-11-13-15-17-19-20-21-22-24-27-31-35-39-43-47-51-57(62)56(55-61)60-58(63)52-48-44-40-36-32-28-25-23-26-30-34-38-42-46-50-54-65-59(64)53-49-45-41-37-33-29-18-16-14-12-10-8-6-4-2/h10,12,16,18,56-57,61-62H,3-9,11,13-15,17,19-55H2,1-2H3,(H,60,63)/b12-10-,18-16-. The van der Waals surface area contributed by atoms with Crippen LogP contribution in [0.5, 0.6) is 0 Å². The van der Waals surface area contributed by atoms with Gasteiger partial charge in [0.2, 0.25) is 5.91 Å². The largest absolute Gasteiger partial charge is 0.466 e. The summed E-state index contributed by atoms with van der Waals surface area (Å²) in [5.41, 5.74) is 0. The van der Waals surface area contributed by atoms with Crippen LogP contribution >= 0.6 is 0 Å². The molecule has 0 rings (SSSR count). The first kappa shape index (κ1) is 63.3. The van der Waals surface area contributed by atoms with E-state index in [1.807, 2.05) is 0 Å². The van der Waals surface area contributed by atoms with E-state index in [-0.39, 0.29) is 18.5 Å². The highest BCUT2D eigenvalue weighted by Crippen LogP contribution is 2.17. The molecule has 6 heteroatoms. The summed E-state index contributed by atoms with van der Waals surface area (Å²) in [4.78, 5) is 24.5. The monoisotopic (exact) mass is 916 g/mol. The zero-order valence-corrected chi connectivity index (χ0v) is 43.7. The van der Waals surface area contributed by atoms with E-state index in [4.69, 9.17) is 4.74 Å². The quantitative estimate of drug-likeness (QED) is 0.0321. The molecule has 0 fully saturated rings. The average Bonchev–Trinajstić information content (AvgIpc) is 3.31. The van der Waals surface area contributed by atoms with E-state index in [0.717, 1.165) is 57.8 Å². The van der Waals surface area contributed by atoms with Crippen molar-refractivity contribution in [2.24, 2.45) is 0 Å². The molecular weight excluding hydrogens is 803 g/mol. The smallest absolute Gasteiger partial charge is 0.305 e. The summed E-state index contributed by atoms with van der Waals surface area (Å²) in [6.45, 7) is 4.91. The first-order valence-electron chi connectivity index (χ1n) is 29.1. The molecule has 3 N–H and O–H groups in total. The number of nitrogens with one attached hydrogen (secondary N) is 1. The summed E-state index contributed by atoms with van der Waals surface area (Å²) in [6, 6.07) is -0.549. The third kappa shape index (κ3) is 51.6. The lowest BCUT2D eigenvalue weighted by molar-refractivity contribution is -0.143. The summed E-state index contributed by atoms with van der Waals surface area (Å²) in [5.74, 6) is -0.0550. The molecule has 0 aromatic rings. The third-order valence-electron chi connectivity index (χ3n) is 13.5. The van der Waals surface area contributed by atoms with Crippen LogP contribution in [0, 0.1) is 0 Å². The molecule has 0 aliphatic rings. The predicted molar refractivity (Wildman–Crippen MR) is 283 cm³/mol. The number of rotatable bonds is 54. The molecule has 65 heavy (non-hydrogen) atoms. The van der Waals surface area contributed by atoms with Crippen LogP contribution in [0.15, 0.2) is 24.3 Å². The number of allylic oxidation sites excluding steroid dienone is 4. The maximum absolute atomic E-state index is 12.5. The van der Waals surface area contributed by atoms with Crippen molar-refractivity contribution in [3.05, 3.63) is 24.3 Å². The van der Waals surface area contributed by atoms with E-state index < -0.39 is 12.1 Å². The van der Waals surface area contributed by atoms with Crippen molar-refractivity contribution >= 4 is 11.9 Å².